The smallest absolute Gasteiger partial charge is 0.270 e. The fourth-order valence-electron chi connectivity index (χ4n) is 2.66. The molecular formula is C15H22N2O2. The highest BCUT2D eigenvalue weighted by Gasteiger charge is 2.23. The standard InChI is InChI=1S/C15H22N2O2/c1-2-11-7-5-9-16-14(11)15(19)17-10-12-6-3-4-8-13(12)18/h5,7,9,12-13,18H,2-4,6,8,10H2,1H3,(H,17,19)/t12-,13+/m0/s1. The highest BCUT2D eigenvalue weighted by Crippen LogP contribution is 2.23. The molecule has 104 valence electrons. The summed E-state index contributed by atoms with van der Waals surface area (Å²) in [6.45, 7) is 2.55. The van der Waals surface area contributed by atoms with Crippen LogP contribution in [0.3, 0.4) is 0 Å². The average molecular weight is 262 g/mol. The van der Waals surface area contributed by atoms with Crippen molar-refractivity contribution in [2.45, 2.75) is 45.1 Å². The molecule has 0 unspecified atom stereocenters. The molecule has 4 heteroatoms. The summed E-state index contributed by atoms with van der Waals surface area (Å²) in [6.07, 6.45) is 6.23. The van der Waals surface area contributed by atoms with Crippen LogP contribution < -0.4 is 5.32 Å². The van der Waals surface area contributed by atoms with Gasteiger partial charge < -0.3 is 10.4 Å². The minimum absolute atomic E-state index is 0.129. The van der Waals surface area contributed by atoms with Crippen LogP contribution in [-0.4, -0.2) is 28.6 Å². The van der Waals surface area contributed by atoms with Crippen LogP contribution >= 0.6 is 0 Å². The van der Waals surface area contributed by atoms with Crippen LogP contribution in [0.1, 0.15) is 48.7 Å². The van der Waals surface area contributed by atoms with Crippen LogP contribution in [0.2, 0.25) is 0 Å². The number of aromatic nitrogens is 1. The molecule has 0 spiro atoms. The SMILES string of the molecule is CCc1cccnc1C(=O)NC[C@@H]1CCCC[C@H]1O. The van der Waals surface area contributed by atoms with Crippen molar-refractivity contribution in [3.05, 3.63) is 29.6 Å². The van der Waals surface area contributed by atoms with Crippen molar-refractivity contribution in [1.82, 2.24) is 10.3 Å². The lowest BCUT2D eigenvalue weighted by molar-refractivity contribution is 0.0661. The van der Waals surface area contributed by atoms with E-state index in [2.05, 4.69) is 10.3 Å². The van der Waals surface area contributed by atoms with Crippen LogP contribution in [0, 0.1) is 5.92 Å². The van der Waals surface area contributed by atoms with Crippen molar-refractivity contribution in [3.8, 4) is 0 Å². The molecule has 2 atom stereocenters. The summed E-state index contributed by atoms with van der Waals surface area (Å²) >= 11 is 0. The largest absolute Gasteiger partial charge is 0.393 e. The monoisotopic (exact) mass is 262 g/mol. The Morgan fingerprint density at radius 3 is 3.00 bits per heavy atom. The molecule has 19 heavy (non-hydrogen) atoms. The normalized spacial score (nSPS) is 23.1. The first-order chi connectivity index (χ1) is 9.22. The predicted octanol–water partition coefficient (Wildman–Crippen LogP) is 1.92. The van der Waals surface area contributed by atoms with E-state index >= 15 is 0 Å². The molecule has 2 rings (SSSR count). The summed E-state index contributed by atoms with van der Waals surface area (Å²) in [6, 6.07) is 3.78. The maximum atomic E-state index is 12.1. The number of nitrogens with zero attached hydrogens (tertiary/aromatic N) is 1. The van der Waals surface area contributed by atoms with Crippen molar-refractivity contribution >= 4 is 5.91 Å². The number of aliphatic hydroxyl groups excluding tert-OH is 1. The summed E-state index contributed by atoms with van der Waals surface area (Å²) < 4.78 is 0. The number of nitrogens with one attached hydrogen (secondary N) is 1. The summed E-state index contributed by atoms with van der Waals surface area (Å²) in [5.41, 5.74) is 1.47. The molecule has 4 nitrogen and oxygen atoms in total. The summed E-state index contributed by atoms with van der Waals surface area (Å²) in [5.74, 6) is 0.0571. The van der Waals surface area contributed by atoms with Crippen molar-refractivity contribution < 1.29 is 9.90 Å². The number of carbonyl (C=O) groups is 1. The first-order valence-electron chi connectivity index (χ1n) is 7.12. The Hall–Kier alpha value is -1.42. The van der Waals surface area contributed by atoms with Gasteiger partial charge in [0.25, 0.3) is 5.91 Å². The van der Waals surface area contributed by atoms with E-state index in [0.717, 1.165) is 37.7 Å². The van der Waals surface area contributed by atoms with E-state index in [4.69, 9.17) is 0 Å². The highest BCUT2D eigenvalue weighted by molar-refractivity contribution is 5.93. The highest BCUT2D eigenvalue weighted by atomic mass is 16.3. The molecular weight excluding hydrogens is 240 g/mol. The molecule has 1 aliphatic rings. The van der Waals surface area contributed by atoms with Gasteiger partial charge in [0.15, 0.2) is 0 Å². The summed E-state index contributed by atoms with van der Waals surface area (Å²) in [5, 5.41) is 12.8. The lowest BCUT2D eigenvalue weighted by Gasteiger charge is -2.27. The molecule has 0 bridgehead atoms. The molecule has 0 aliphatic heterocycles. The topological polar surface area (TPSA) is 62.2 Å². The fourth-order valence-corrected chi connectivity index (χ4v) is 2.66. The third kappa shape index (κ3) is 3.53. The van der Waals surface area contributed by atoms with Gasteiger partial charge in [-0.2, -0.15) is 0 Å². The Labute approximate surface area is 114 Å². The van der Waals surface area contributed by atoms with Crippen LogP contribution in [0.5, 0.6) is 0 Å². The Morgan fingerprint density at radius 1 is 1.47 bits per heavy atom. The van der Waals surface area contributed by atoms with Gasteiger partial charge in [-0.3, -0.25) is 9.78 Å². The Morgan fingerprint density at radius 2 is 2.26 bits per heavy atom. The van der Waals surface area contributed by atoms with Gasteiger partial charge in [-0.15, -0.1) is 0 Å². The molecule has 1 saturated carbocycles. The van der Waals surface area contributed by atoms with Gasteiger partial charge in [0.2, 0.25) is 0 Å². The number of aliphatic hydroxyl groups is 1. The zero-order valence-electron chi connectivity index (χ0n) is 11.4. The zero-order valence-corrected chi connectivity index (χ0v) is 11.4. The molecule has 1 amide bonds. The minimum Gasteiger partial charge on any atom is -0.393 e. The number of amides is 1. The third-order valence-electron chi connectivity index (χ3n) is 3.88. The van der Waals surface area contributed by atoms with Crippen LogP contribution in [0.15, 0.2) is 18.3 Å². The maximum Gasteiger partial charge on any atom is 0.270 e. The molecule has 1 aromatic heterocycles. The van der Waals surface area contributed by atoms with Gasteiger partial charge in [0.1, 0.15) is 5.69 Å². The molecule has 0 aromatic carbocycles. The second-order valence-electron chi connectivity index (χ2n) is 5.19. The van der Waals surface area contributed by atoms with Gasteiger partial charge in [-0.25, -0.2) is 0 Å². The predicted molar refractivity (Wildman–Crippen MR) is 73.9 cm³/mol. The van der Waals surface area contributed by atoms with Crippen LogP contribution in [0.4, 0.5) is 0 Å². The molecule has 1 heterocycles. The minimum atomic E-state index is -0.275. The number of hydrogen-bond acceptors (Lipinski definition) is 3. The van der Waals surface area contributed by atoms with Crippen molar-refractivity contribution in [3.63, 3.8) is 0 Å². The Balaban J connectivity index is 1.93. The number of rotatable bonds is 4. The van der Waals surface area contributed by atoms with E-state index in [-0.39, 0.29) is 17.9 Å². The second kappa shape index (κ2) is 6.66. The number of pyridine rings is 1. The first-order valence-corrected chi connectivity index (χ1v) is 7.12. The molecule has 1 fully saturated rings. The summed E-state index contributed by atoms with van der Waals surface area (Å²) in [7, 11) is 0. The summed E-state index contributed by atoms with van der Waals surface area (Å²) in [4.78, 5) is 16.3. The Bertz CT molecular complexity index is 434. The van der Waals surface area contributed by atoms with E-state index in [1.54, 1.807) is 6.20 Å². The van der Waals surface area contributed by atoms with Gasteiger partial charge in [-0.05, 0) is 30.9 Å². The molecule has 2 N–H and O–H groups in total. The van der Waals surface area contributed by atoms with Crippen molar-refractivity contribution in [2.24, 2.45) is 5.92 Å². The molecule has 0 radical (unpaired) electrons. The lowest BCUT2D eigenvalue weighted by atomic mass is 9.86. The van der Waals surface area contributed by atoms with E-state index < -0.39 is 0 Å². The quantitative estimate of drug-likeness (QED) is 0.871. The van der Waals surface area contributed by atoms with Gasteiger partial charge in [-0.1, -0.05) is 25.8 Å². The number of carbonyl (C=O) groups excluding carboxylic acids is 1. The van der Waals surface area contributed by atoms with Crippen molar-refractivity contribution in [2.75, 3.05) is 6.54 Å². The third-order valence-corrected chi connectivity index (χ3v) is 3.88. The van der Waals surface area contributed by atoms with Gasteiger partial charge in [0.05, 0.1) is 6.10 Å². The lowest BCUT2D eigenvalue weighted by Crippen LogP contribution is -2.37. The molecule has 1 aliphatic carbocycles. The zero-order chi connectivity index (χ0) is 13.7. The average Bonchev–Trinajstić information content (AvgIpc) is 2.46. The van der Waals surface area contributed by atoms with Gasteiger partial charge in [0, 0.05) is 18.7 Å². The van der Waals surface area contributed by atoms with Gasteiger partial charge >= 0.3 is 0 Å². The second-order valence-corrected chi connectivity index (χ2v) is 5.19. The Kier molecular flexibility index (Phi) is 4.91. The van der Waals surface area contributed by atoms with Crippen molar-refractivity contribution in [1.29, 1.82) is 0 Å². The molecule has 0 saturated heterocycles. The van der Waals surface area contributed by atoms with E-state index in [9.17, 15) is 9.90 Å². The number of hydrogen-bond donors (Lipinski definition) is 2. The van der Waals surface area contributed by atoms with E-state index in [0.29, 0.717) is 12.2 Å². The maximum absolute atomic E-state index is 12.1. The number of aryl methyl sites for hydroxylation is 1. The van der Waals surface area contributed by atoms with E-state index in [1.165, 1.54) is 0 Å². The fraction of sp³-hybridized carbons (Fsp3) is 0.600. The van der Waals surface area contributed by atoms with E-state index in [1.807, 2.05) is 19.1 Å². The van der Waals surface area contributed by atoms with Crippen LogP contribution in [-0.2, 0) is 6.42 Å². The van der Waals surface area contributed by atoms with Crippen LogP contribution in [0.25, 0.3) is 0 Å². The molecule has 1 aromatic rings. The first kappa shape index (κ1) is 14.0.